The van der Waals surface area contributed by atoms with E-state index >= 15 is 0 Å². The van der Waals surface area contributed by atoms with Crippen molar-refractivity contribution in [2.24, 2.45) is 52.3 Å². The van der Waals surface area contributed by atoms with Crippen molar-refractivity contribution in [3.05, 3.63) is 24.2 Å². The number of carbonyl (C=O) groups is 3. The number of Topliss-reactive ketones (excluding diaryl/α,β-unsaturated/α-hetero) is 1. The van der Waals surface area contributed by atoms with Gasteiger partial charge in [0.25, 0.3) is 0 Å². The Balaban J connectivity index is 0.000000748. The van der Waals surface area contributed by atoms with Crippen LogP contribution in [0.2, 0.25) is 0 Å². The van der Waals surface area contributed by atoms with E-state index in [9.17, 15) is 14.4 Å². The number of aliphatic hydroxyl groups excluding tert-OH is 2. The fourth-order valence-corrected chi connectivity index (χ4v) is 9.03. The molecule has 1 saturated heterocycles. The lowest BCUT2D eigenvalue weighted by Crippen LogP contribution is -2.71. The summed E-state index contributed by atoms with van der Waals surface area (Å²) in [5, 5.41) is 18.0. The molecule has 5 rings (SSSR count). The first-order chi connectivity index (χ1) is 18.0. The second-order valence-corrected chi connectivity index (χ2v) is 12.1. The van der Waals surface area contributed by atoms with Gasteiger partial charge in [0.15, 0.2) is 5.78 Å². The monoisotopic (exact) mass is 533 g/mol. The molecular formula is C30H47NO7. The van der Waals surface area contributed by atoms with Crippen LogP contribution in [0.15, 0.2) is 23.0 Å². The van der Waals surface area contributed by atoms with E-state index in [1.807, 2.05) is 0 Å². The van der Waals surface area contributed by atoms with Crippen molar-refractivity contribution in [2.45, 2.75) is 72.8 Å². The molecular weight excluding hydrogens is 486 g/mol. The number of rotatable bonds is 4. The highest BCUT2D eigenvalue weighted by atomic mass is 16.5. The molecule has 3 aliphatic carbocycles. The number of ketones is 1. The standard InChI is InChI=1S/C27H37NO5.C2H6O.CH4O/c1-14-10-17-15(2)27(4,19(14)12-22(30)32-5)18-6-8-26(3,25(31)16-7-9-33-13-16)20-11-21(29)28-24(17)23(18)20;1-2-3;1-2/h7,9,13-15,17-20,23-24H,6,8,10-12H2,1-5H3,(H,28,29);3H,2H2,1H3;2H,1H3/t14?,15?,17?,18?,19-,20?,23?,24?,26+,27+;;/m0../s1. The van der Waals surface area contributed by atoms with Crippen LogP contribution in [0.4, 0.5) is 0 Å². The summed E-state index contributed by atoms with van der Waals surface area (Å²) in [6, 6.07) is 1.84. The predicted molar refractivity (Wildman–Crippen MR) is 143 cm³/mol. The minimum absolute atomic E-state index is 0.00101. The van der Waals surface area contributed by atoms with Gasteiger partial charge in [-0.2, -0.15) is 0 Å². The zero-order valence-electron chi connectivity index (χ0n) is 24.0. The van der Waals surface area contributed by atoms with Crippen molar-refractivity contribution < 1.29 is 33.8 Å². The highest BCUT2D eigenvalue weighted by Crippen LogP contribution is 2.69. The molecule has 1 aliphatic heterocycles. The van der Waals surface area contributed by atoms with E-state index in [0.717, 1.165) is 26.4 Å². The van der Waals surface area contributed by atoms with Gasteiger partial charge in [0.05, 0.1) is 18.9 Å². The molecule has 3 saturated carbocycles. The third-order valence-electron chi connectivity index (χ3n) is 10.8. The number of hydrogen-bond donors (Lipinski definition) is 3. The van der Waals surface area contributed by atoms with Crippen molar-refractivity contribution >= 4 is 17.7 Å². The van der Waals surface area contributed by atoms with Gasteiger partial charge < -0.3 is 24.7 Å². The lowest BCUT2D eigenvalue weighted by molar-refractivity contribution is -0.202. The number of nitrogens with one attached hydrogen (secondary N) is 1. The Kier molecular flexibility index (Phi) is 9.51. The number of carbonyl (C=O) groups excluding carboxylic acids is 3. The first-order valence-electron chi connectivity index (χ1n) is 14.0. The second-order valence-electron chi connectivity index (χ2n) is 12.1. The van der Waals surface area contributed by atoms with Gasteiger partial charge in [-0.1, -0.05) is 27.7 Å². The molecule has 10 atom stereocenters. The van der Waals surface area contributed by atoms with E-state index in [2.05, 4.69) is 33.0 Å². The number of methoxy groups -OCH3 is 1. The van der Waals surface area contributed by atoms with Crippen LogP contribution in [-0.4, -0.2) is 54.7 Å². The van der Waals surface area contributed by atoms with E-state index < -0.39 is 5.41 Å². The highest BCUT2D eigenvalue weighted by molar-refractivity contribution is 6.00. The summed E-state index contributed by atoms with van der Waals surface area (Å²) in [7, 11) is 2.47. The molecule has 0 radical (unpaired) electrons. The number of ether oxygens (including phenoxy) is 1. The van der Waals surface area contributed by atoms with Crippen LogP contribution in [0, 0.1) is 52.3 Å². The molecule has 38 heavy (non-hydrogen) atoms. The minimum atomic E-state index is -0.588. The van der Waals surface area contributed by atoms with E-state index in [0.29, 0.717) is 42.1 Å². The van der Waals surface area contributed by atoms with Crippen molar-refractivity contribution in [3.8, 4) is 0 Å². The van der Waals surface area contributed by atoms with Gasteiger partial charge in [-0.3, -0.25) is 14.4 Å². The van der Waals surface area contributed by atoms with Crippen LogP contribution >= 0.6 is 0 Å². The number of esters is 1. The summed E-state index contributed by atoms with van der Waals surface area (Å²) in [4.78, 5) is 39.1. The Labute approximate surface area is 226 Å². The Morgan fingerprint density at radius 3 is 2.45 bits per heavy atom. The number of aliphatic hydroxyl groups is 2. The summed E-state index contributed by atoms with van der Waals surface area (Å²) in [5.41, 5.74) is -0.0143. The molecule has 7 unspecified atom stereocenters. The Bertz CT molecular complexity index is 977. The summed E-state index contributed by atoms with van der Waals surface area (Å²) < 4.78 is 10.3. The van der Waals surface area contributed by atoms with Gasteiger partial charge in [0.1, 0.15) is 6.26 Å². The Morgan fingerprint density at radius 2 is 1.87 bits per heavy atom. The number of piperidine rings is 1. The van der Waals surface area contributed by atoms with Gasteiger partial charge in [-0.05, 0) is 79.1 Å². The molecule has 8 nitrogen and oxygen atoms in total. The third-order valence-corrected chi connectivity index (χ3v) is 10.8. The maximum absolute atomic E-state index is 13.7. The first-order valence-corrected chi connectivity index (χ1v) is 14.0. The Morgan fingerprint density at radius 1 is 1.21 bits per heavy atom. The first kappa shape index (κ1) is 30.4. The number of hydrogen-bond acceptors (Lipinski definition) is 7. The SMILES string of the molecule is CCO.CO.COC(=O)C[C@H]1C(C)CC2C3NC(=O)CC4C3C(CC[C@@]4(C)C(=O)c3ccoc3)[C@@]1(C)C2C. The molecule has 1 amide bonds. The second kappa shape index (κ2) is 11.9. The van der Waals surface area contributed by atoms with Crippen molar-refractivity contribution in [2.75, 3.05) is 20.8 Å². The van der Waals surface area contributed by atoms with E-state index in [1.54, 1.807) is 19.3 Å². The number of amides is 1. The van der Waals surface area contributed by atoms with Crippen molar-refractivity contribution in [1.29, 1.82) is 0 Å². The molecule has 2 bridgehead atoms. The molecule has 1 aromatic rings. The van der Waals surface area contributed by atoms with Crippen molar-refractivity contribution in [1.82, 2.24) is 5.32 Å². The fraction of sp³-hybridized carbons (Fsp3) is 0.767. The van der Waals surface area contributed by atoms with Crippen LogP contribution in [-0.2, 0) is 14.3 Å². The number of fused-ring (bicyclic) bond motifs is 4. The largest absolute Gasteiger partial charge is 0.472 e. The molecule has 4 fully saturated rings. The van der Waals surface area contributed by atoms with Crippen LogP contribution in [0.3, 0.4) is 0 Å². The van der Waals surface area contributed by atoms with Crippen LogP contribution < -0.4 is 5.32 Å². The van der Waals surface area contributed by atoms with Gasteiger partial charge in [0, 0.05) is 38.0 Å². The maximum Gasteiger partial charge on any atom is 0.305 e. The molecule has 0 spiro atoms. The lowest BCUT2D eigenvalue weighted by Gasteiger charge is -2.69. The third kappa shape index (κ3) is 4.83. The molecule has 1 aromatic heterocycles. The normalized spacial score (nSPS) is 40.7. The van der Waals surface area contributed by atoms with Gasteiger partial charge in [0.2, 0.25) is 5.91 Å². The lowest BCUT2D eigenvalue weighted by atomic mass is 9.36. The van der Waals surface area contributed by atoms with Gasteiger partial charge in [-0.15, -0.1) is 0 Å². The van der Waals surface area contributed by atoms with Crippen LogP contribution in [0.25, 0.3) is 0 Å². The molecule has 3 N–H and O–H groups in total. The fourth-order valence-electron chi connectivity index (χ4n) is 9.03. The summed E-state index contributed by atoms with van der Waals surface area (Å²) in [6.45, 7) is 11.0. The number of furan rings is 1. The van der Waals surface area contributed by atoms with Crippen molar-refractivity contribution in [3.63, 3.8) is 0 Å². The molecule has 0 aromatic carbocycles. The van der Waals surface area contributed by atoms with Gasteiger partial charge in [-0.25, -0.2) is 0 Å². The average molecular weight is 534 g/mol. The predicted octanol–water partition coefficient (Wildman–Crippen LogP) is 4.10. The average Bonchev–Trinajstić information content (AvgIpc) is 3.44. The zero-order chi connectivity index (χ0) is 28.4. The van der Waals surface area contributed by atoms with Crippen LogP contribution in [0.5, 0.6) is 0 Å². The molecule has 8 heteroatoms. The highest BCUT2D eigenvalue weighted by Gasteiger charge is 2.68. The van der Waals surface area contributed by atoms with Gasteiger partial charge >= 0.3 is 5.97 Å². The molecule has 2 heterocycles. The summed E-state index contributed by atoms with van der Waals surface area (Å²) >= 11 is 0. The summed E-state index contributed by atoms with van der Waals surface area (Å²) in [5.74, 6) is 2.03. The Hall–Kier alpha value is -2.19. The summed E-state index contributed by atoms with van der Waals surface area (Å²) in [6.07, 6.45) is 6.61. The zero-order valence-corrected chi connectivity index (χ0v) is 24.0. The minimum Gasteiger partial charge on any atom is -0.472 e. The van der Waals surface area contributed by atoms with Crippen LogP contribution in [0.1, 0.15) is 77.1 Å². The van der Waals surface area contributed by atoms with E-state index in [1.165, 1.54) is 13.4 Å². The molecule has 214 valence electrons. The van der Waals surface area contributed by atoms with E-state index in [4.69, 9.17) is 19.4 Å². The quantitative estimate of drug-likeness (QED) is 0.393. The topological polar surface area (TPSA) is 126 Å². The molecule has 4 aliphatic rings. The van der Waals surface area contributed by atoms with E-state index in [-0.39, 0.29) is 53.5 Å². The maximum atomic E-state index is 13.7. The smallest absolute Gasteiger partial charge is 0.305 e.